The van der Waals surface area contributed by atoms with Gasteiger partial charge in [-0.1, -0.05) is 31.4 Å². The number of carbonyl (C=O) groups excluding carboxylic acids is 1. The summed E-state index contributed by atoms with van der Waals surface area (Å²) in [5.41, 5.74) is 7.25. The van der Waals surface area contributed by atoms with Crippen LogP contribution in [0, 0.1) is 5.41 Å². The van der Waals surface area contributed by atoms with Gasteiger partial charge >= 0.3 is 0 Å². The molecule has 1 aromatic carbocycles. The fourth-order valence-electron chi connectivity index (χ4n) is 4.54. The summed E-state index contributed by atoms with van der Waals surface area (Å²) in [7, 11) is 1.67. The van der Waals surface area contributed by atoms with E-state index in [2.05, 4.69) is 22.3 Å². The van der Waals surface area contributed by atoms with E-state index in [-0.39, 0.29) is 42.2 Å². The number of morpholine rings is 1. The third-order valence-electron chi connectivity index (χ3n) is 6.36. The van der Waals surface area contributed by atoms with Gasteiger partial charge in [-0.3, -0.25) is 9.69 Å². The van der Waals surface area contributed by atoms with Crippen molar-refractivity contribution in [1.29, 1.82) is 0 Å². The second-order valence-corrected chi connectivity index (χ2v) is 8.18. The predicted octanol–water partition coefficient (Wildman–Crippen LogP) is 3.33. The second-order valence-electron chi connectivity index (χ2n) is 8.18. The van der Waals surface area contributed by atoms with Gasteiger partial charge < -0.3 is 20.5 Å². The molecule has 1 atom stereocenters. The summed E-state index contributed by atoms with van der Waals surface area (Å²) in [4.78, 5) is 15.2. The Hall–Kier alpha value is -1.05. The Morgan fingerprint density at radius 3 is 2.37 bits per heavy atom. The van der Waals surface area contributed by atoms with Crippen molar-refractivity contribution in [3.05, 3.63) is 29.8 Å². The maximum atomic E-state index is 12.8. The van der Waals surface area contributed by atoms with Crippen molar-refractivity contribution < 1.29 is 14.3 Å². The van der Waals surface area contributed by atoms with Gasteiger partial charge in [0.2, 0.25) is 5.91 Å². The minimum Gasteiger partial charge on any atom is -0.497 e. The number of nitrogens with two attached hydrogens (primary N) is 1. The molecule has 1 amide bonds. The van der Waals surface area contributed by atoms with E-state index < -0.39 is 0 Å². The molecule has 172 valence electrons. The maximum Gasteiger partial charge on any atom is 0.220 e. The first-order valence-corrected chi connectivity index (χ1v) is 10.6. The molecule has 0 spiro atoms. The molecule has 1 aliphatic carbocycles. The van der Waals surface area contributed by atoms with Crippen LogP contribution < -0.4 is 15.8 Å². The lowest BCUT2D eigenvalue weighted by Gasteiger charge is -2.37. The van der Waals surface area contributed by atoms with Crippen molar-refractivity contribution in [1.82, 2.24) is 10.2 Å². The molecule has 1 aliphatic heterocycles. The number of hydrogen-bond acceptors (Lipinski definition) is 5. The highest BCUT2D eigenvalue weighted by Crippen LogP contribution is 2.38. The first-order chi connectivity index (χ1) is 13.7. The zero-order chi connectivity index (χ0) is 19.8. The first-order valence-electron chi connectivity index (χ1n) is 10.6. The quantitative estimate of drug-likeness (QED) is 0.620. The van der Waals surface area contributed by atoms with E-state index in [0.717, 1.165) is 44.9 Å². The topological polar surface area (TPSA) is 76.8 Å². The molecule has 1 saturated carbocycles. The van der Waals surface area contributed by atoms with Crippen molar-refractivity contribution >= 4 is 30.7 Å². The maximum absolute atomic E-state index is 12.8. The van der Waals surface area contributed by atoms with Crippen LogP contribution in [0.15, 0.2) is 24.3 Å². The zero-order valence-corrected chi connectivity index (χ0v) is 19.6. The molecule has 2 fully saturated rings. The Labute approximate surface area is 193 Å². The Kier molecular flexibility index (Phi) is 12.0. The summed E-state index contributed by atoms with van der Waals surface area (Å²) in [6.45, 7) is 4.42. The molecule has 0 aromatic heterocycles. The van der Waals surface area contributed by atoms with Crippen molar-refractivity contribution in [2.24, 2.45) is 11.1 Å². The van der Waals surface area contributed by atoms with Crippen molar-refractivity contribution in [3.8, 4) is 5.75 Å². The molecule has 1 aromatic rings. The average molecular weight is 462 g/mol. The molecule has 0 bridgehead atoms. The molecule has 3 N–H and O–H groups in total. The molecule has 1 saturated heterocycles. The molecule has 1 unspecified atom stereocenters. The highest BCUT2D eigenvalue weighted by atomic mass is 35.5. The van der Waals surface area contributed by atoms with Crippen LogP contribution in [-0.4, -0.2) is 57.3 Å². The van der Waals surface area contributed by atoms with E-state index in [1.807, 2.05) is 12.1 Å². The molecular formula is C22H37Cl2N3O3. The number of rotatable bonds is 8. The van der Waals surface area contributed by atoms with E-state index in [0.29, 0.717) is 19.5 Å². The number of benzene rings is 1. The summed E-state index contributed by atoms with van der Waals surface area (Å²) in [6.07, 6.45) is 6.33. The van der Waals surface area contributed by atoms with Crippen molar-refractivity contribution in [2.75, 3.05) is 46.5 Å². The number of halogens is 2. The molecule has 3 rings (SSSR count). The zero-order valence-electron chi connectivity index (χ0n) is 17.9. The van der Waals surface area contributed by atoms with Gasteiger partial charge in [0.1, 0.15) is 5.75 Å². The molecule has 6 nitrogen and oxygen atoms in total. The van der Waals surface area contributed by atoms with Crippen molar-refractivity contribution in [3.63, 3.8) is 0 Å². The van der Waals surface area contributed by atoms with Crippen LogP contribution in [0.3, 0.4) is 0 Å². The SMILES string of the molecule is COc1ccc(C(CNC(=O)CC2(CN)CCCCC2)N2CCOCC2)cc1.Cl.Cl. The Morgan fingerprint density at radius 2 is 1.80 bits per heavy atom. The third kappa shape index (κ3) is 7.27. The van der Waals surface area contributed by atoms with Crippen LogP contribution in [0.4, 0.5) is 0 Å². The monoisotopic (exact) mass is 461 g/mol. The van der Waals surface area contributed by atoms with Gasteiger partial charge in [-0.2, -0.15) is 0 Å². The molecule has 8 heteroatoms. The highest BCUT2D eigenvalue weighted by Gasteiger charge is 2.33. The van der Waals surface area contributed by atoms with Crippen LogP contribution in [0.2, 0.25) is 0 Å². The average Bonchev–Trinajstić information content (AvgIpc) is 2.75. The fraction of sp³-hybridized carbons (Fsp3) is 0.682. The van der Waals surface area contributed by atoms with Crippen LogP contribution >= 0.6 is 24.8 Å². The minimum atomic E-state index is -0.00307. The Morgan fingerprint density at radius 1 is 1.17 bits per heavy atom. The van der Waals surface area contributed by atoms with Gasteiger partial charge in [0.15, 0.2) is 0 Å². The number of methoxy groups -OCH3 is 1. The van der Waals surface area contributed by atoms with Crippen molar-refractivity contribution in [2.45, 2.75) is 44.6 Å². The summed E-state index contributed by atoms with van der Waals surface area (Å²) >= 11 is 0. The normalized spacial score (nSPS) is 19.7. The van der Waals surface area contributed by atoms with Crippen LogP contribution in [-0.2, 0) is 9.53 Å². The molecule has 0 radical (unpaired) electrons. The smallest absolute Gasteiger partial charge is 0.220 e. The largest absolute Gasteiger partial charge is 0.497 e. The summed E-state index contributed by atoms with van der Waals surface area (Å²) in [5.74, 6) is 0.967. The highest BCUT2D eigenvalue weighted by molar-refractivity contribution is 5.85. The van der Waals surface area contributed by atoms with Gasteiger partial charge in [0, 0.05) is 26.1 Å². The number of hydrogen-bond donors (Lipinski definition) is 2. The third-order valence-corrected chi connectivity index (χ3v) is 6.36. The number of carbonyl (C=O) groups is 1. The van der Waals surface area contributed by atoms with Crippen LogP contribution in [0.25, 0.3) is 0 Å². The van der Waals surface area contributed by atoms with Gasteiger partial charge in [-0.15, -0.1) is 24.8 Å². The van der Waals surface area contributed by atoms with Gasteiger partial charge in [0.05, 0.1) is 26.4 Å². The Balaban J connectivity index is 0.00000225. The molecular weight excluding hydrogens is 425 g/mol. The summed E-state index contributed by atoms with van der Waals surface area (Å²) < 4.78 is 10.8. The number of ether oxygens (including phenoxy) is 2. The minimum absolute atomic E-state index is 0. The summed E-state index contributed by atoms with van der Waals surface area (Å²) in [5, 5.41) is 3.21. The Bertz CT molecular complexity index is 619. The van der Waals surface area contributed by atoms with Crippen LogP contribution in [0.5, 0.6) is 5.75 Å². The lowest BCUT2D eigenvalue weighted by atomic mass is 9.71. The lowest BCUT2D eigenvalue weighted by Crippen LogP contribution is -2.45. The number of nitrogens with one attached hydrogen (secondary N) is 1. The van der Waals surface area contributed by atoms with E-state index in [1.54, 1.807) is 7.11 Å². The van der Waals surface area contributed by atoms with Gasteiger partial charge in [0.25, 0.3) is 0 Å². The lowest BCUT2D eigenvalue weighted by molar-refractivity contribution is -0.124. The summed E-state index contributed by atoms with van der Waals surface area (Å²) in [6, 6.07) is 8.28. The van der Waals surface area contributed by atoms with E-state index in [9.17, 15) is 4.79 Å². The standard InChI is InChI=1S/C22H35N3O3.2ClH/c1-27-19-7-5-18(6-8-19)20(25-11-13-28-14-12-25)16-24-21(26)15-22(17-23)9-3-2-4-10-22;;/h5-8,20H,2-4,9-17,23H2,1H3,(H,24,26);2*1H. The molecule has 30 heavy (non-hydrogen) atoms. The number of nitrogens with zero attached hydrogens (tertiary/aromatic N) is 1. The predicted molar refractivity (Wildman–Crippen MR) is 125 cm³/mol. The second kappa shape index (κ2) is 13.4. The van der Waals surface area contributed by atoms with Crippen LogP contribution in [0.1, 0.15) is 50.1 Å². The first kappa shape index (κ1) is 27.0. The van der Waals surface area contributed by atoms with E-state index >= 15 is 0 Å². The van der Waals surface area contributed by atoms with E-state index in [4.69, 9.17) is 15.2 Å². The van der Waals surface area contributed by atoms with E-state index in [1.165, 1.54) is 24.8 Å². The van der Waals surface area contributed by atoms with Gasteiger partial charge in [-0.05, 0) is 42.5 Å². The fourth-order valence-corrected chi connectivity index (χ4v) is 4.54. The van der Waals surface area contributed by atoms with Gasteiger partial charge in [-0.25, -0.2) is 0 Å². The molecule has 1 heterocycles. The number of amides is 1. The molecule has 2 aliphatic rings.